The molecule has 9 heteroatoms. The van der Waals surface area contributed by atoms with Crippen molar-refractivity contribution < 1.29 is 14.3 Å². The van der Waals surface area contributed by atoms with E-state index in [4.69, 9.17) is 9.47 Å². The van der Waals surface area contributed by atoms with Crippen LogP contribution in [-0.2, 0) is 4.74 Å². The van der Waals surface area contributed by atoms with Crippen molar-refractivity contribution in [1.82, 2.24) is 20.3 Å². The molecule has 0 aliphatic heterocycles. The number of ether oxygens (including phenoxy) is 2. The first-order valence-corrected chi connectivity index (χ1v) is 9.34. The molecule has 0 saturated carbocycles. The first-order valence-electron chi connectivity index (χ1n) is 8.53. The molecular weight excluding hydrogens is 366 g/mol. The summed E-state index contributed by atoms with van der Waals surface area (Å²) in [5.41, 5.74) is 2.34. The Hall–Kier alpha value is -2.78. The second kappa shape index (κ2) is 8.74. The number of hydrogen-bond donors (Lipinski definition) is 2. The van der Waals surface area contributed by atoms with Crippen LogP contribution in [0.5, 0.6) is 5.88 Å². The maximum Gasteiger partial charge on any atom is 0.321 e. The van der Waals surface area contributed by atoms with Crippen molar-refractivity contribution >= 4 is 32.8 Å². The lowest BCUT2D eigenvalue weighted by molar-refractivity contribution is 0.0896. The summed E-state index contributed by atoms with van der Waals surface area (Å²) in [5.74, 6) is 0.480. The van der Waals surface area contributed by atoms with E-state index in [1.54, 1.807) is 19.5 Å². The predicted molar refractivity (Wildman–Crippen MR) is 105 cm³/mol. The molecule has 0 aliphatic rings. The highest BCUT2D eigenvalue weighted by Gasteiger charge is 2.17. The Morgan fingerprint density at radius 3 is 2.93 bits per heavy atom. The van der Waals surface area contributed by atoms with Gasteiger partial charge in [-0.05, 0) is 26.0 Å². The van der Waals surface area contributed by atoms with Crippen molar-refractivity contribution in [3.05, 3.63) is 30.6 Å². The smallest absolute Gasteiger partial charge is 0.321 e. The first kappa shape index (κ1) is 19.0. The summed E-state index contributed by atoms with van der Waals surface area (Å²) >= 11 is 1.29. The fourth-order valence-corrected chi connectivity index (χ4v) is 3.29. The van der Waals surface area contributed by atoms with Gasteiger partial charge in [0.15, 0.2) is 5.13 Å². The minimum atomic E-state index is -0.297. The molecule has 1 atom stereocenters. The van der Waals surface area contributed by atoms with Crippen molar-refractivity contribution in [2.75, 3.05) is 25.6 Å². The van der Waals surface area contributed by atoms with Gasteiger partial charge in [-0.1, -0.05) is 17.4 Å². The number of carbonyl (C=O) groups is 1. The van der Waals surface area contributed by atoms with E-state index in [0.717, 1.165) is 11.1 Å². The number of hydrogen-bond acceptors (Lipinski definition) is 7. The molecule has 0 aromatic carbocycles. The van der Waals surface area contributed by atoms with Gasteiger partial charge in [-0.2, -0.15) is 0 Å². The van der Waals surface area contributed by atoms with Crippen LogP contribution in [0.2, 0.25) is 0 Å². The minimum Gasteiger partial charge on any atom is -0.472 e. The average Bonchev–Trinajstić information content (AvgIpc) is 3.03. The molecule has 0 unspecified atom stereocenters. The van der Waals surface area contributed by atoms with E-state index < -0.39 is 0 Å². The SMILES string of the molecule is CCNC(=O)Nc1nc2cc(-c3cccnc3)c(O[C@H](C)COC)nc2s1. The number of urea groups is 1. The van der Waals surface area contributed by atoms with Gasteiger partial charge in [0.1, 0.15) is 16.5 Å². The molecule has 2 amide bonds. The monoisotopic (exact) mass is 387 g/mol. The molecule has 0 saturated heterocycles. The Morgan fingerprint density at radius 1 is 1.37 bits per heavy atom. The molecule has 0 aliphatic carbocycles. The van der Waals surface area contributed by atoms with E-state index in [9.17, 15) is 4.79 Å². The summed E-state index contributed by atoms with van der Waals surface area (Å²) in [7, 11) is 1.63. The van der Waals surface area contributed by atoms with Crippen molar-refractivity contribution in [1.29, 1.82) is 0 Å². The van der Waals surface area contributed by atoms with Gasteiger partial charge in [0.2, 0.25) is 5.88 Å². The molecule has 2 N–H and O–H groups in total. The lowest BCUT2D eigenvalue weighted by Crippen LogP contribution is -2.28. The third-order valence-corrected chi connectivity index (χ3v) is 4.47. The van der Waals surface area contributed by atoms with Crippen LogP contribution < -0.4 is 15.4 Å². The summed E-state index contributed by atoms with van der Waals surface area (Å²) in [6.07, 6.45) is 3.29. The molecule has 3 rings (SSSR count). The van der Waals surface area contributed by atoms with Crippen LogP contribution in [0.1, 0.15) is 13.8 Å². The quantitative estimate of drug-likeness (QED) is 0.645. The standard InChI is InChI=1S/C18H21N5O3S/c1-4-20-17(24)23-18-21-14-8-13(12-6-5-7-19-9-12)15(22-16(14)27-18)26-11(2)10-25-3/h5-9,11H,4,10H2,1-3H3,(H2,20,21,23,24)/t11-/m1/s1. The molecule has 3 aromatic rings. The van der Waals surface area contributed by atoms with Crippen LogP contribution in [0.4, 0.5) is 9.93 Å². The lowest BCUT2D eigenvalue weighted by atomic mass is 10.1. The number of thiazole rings is 1. The van der Waals surface area contributed by atoms with Gasteiger partial charge in [0, 0.05) is 37.2 Å². The van der Waals surface area contributed by atoms with E-state index in [1.165, 1.54) is 11.3 Å². The molecule has 27 heavy (non-hydrogen) atoms. The highest BCUT2D eigenvalue weighted by molar-refractivity contribution is 7.22. The maximum atomic E-state index is 11.7. The van der Waals surface area contributed by atoms with Gasteiger partial charge in [-0.25, -0.2) is 14.8 Å². The Bertz CT molecular complexity index is 916. The Labute approximate surface area is 161 Å². The molecule has 0 radical (unpaired) electrons. The predicted octanol–water partition coefficient (Wildman–Crippen LogP) is 3.31. The first-order chi connectivity index (χ1) is 13.1. The minimum absolute atomic E-state index is 0.170. The Kier molecular flexibility index (Phi) is 6.15. The number of nitrogens with one attached hydrogen (secondary N) is 2. The van der Waals surface area contributed by atoms with E-state index in [1.807, 2.05) is 32.0 Å². The van der Waals surface area contributed by atoms with Crippen molar-refractivity contribution in [3.63, 3.8) is 0 Å². The highest BCUT2D eigenvalue weighted by atomic mass is 32.1. The summed E-state index contributed by atoms with van der Waals surface area (Å²) in [4.78, 5) is 25.7. The van der Waals surface area contributed by atoms with Crippen LogP contribution in [0.3, 0.4) is 0 Å². The Balaban J connectivity index is 2.00. The van der Waals surface area contributed by atoms with Crippen LogP contribution >= 0.6 is 11.3 Å². The second-order valence-electron chi connectivity index (χ2n) is 5.79. The summed E-state index contributed by atoms with van der Waals surface area (Å²) in [5, 5.41) is 5.87. The molecule has 0 bridgehead atoms. The third-order valence-electron chi connectivity index (χ3n) is 3.59. The van der Waals surface area contributed by atoms with Crippen LogP contribution in [0.25, 0.3) is 21.5 Å². The van der Waals surface area contributed by atoms with Gasteiger partial charge in [0.05, 0.1) is 6.61 Å². The molecular formula is C18H21N5O3S. The molecule has 3 heterocycles. The van der Waals surface area contributed by atoms with Gasteiger partial charge >= 0.3 is 6.03 Å². The van der Waals surface area contributed by atoms with Crippen LogP contribution in [0, 0.1) is 0 Å². The number of amides is 2. The largest absolute Gasteiger partial charge is 0.472 e. The number of pyridine rings is 2. The van der Waals surface area contributed by atoms with Gasteiger partial charge in [0.25, 0.3) is 0 Å². The van der Waals surface area contributed by atoms with Crippen molar-refractivity contribution in [2.24, 2.45) is 0 Å². The molecule has 8 nitrogen and oxygen atoms in total. The third kappa shape index (κ3) is 4.69. The number of carbonyl (C=O) groups excluding carboxylic acids is 1. The number of aromatic nitrogens is 3. The van der Waals surface area contributed by atoms with E-state index in [-0.39, 0.29) is 12.1 Å². The topological polar surface area (TPSA) is 98.3 Å². The Morgan fingerprint density at radius 2 is 2.22 bits per heavy atom. The van der Waals surface area contributed by atoms with Gasteiger partial charge in [-0.15, -0.1) is 0 Å². The van der Waals surface area contributed by atoms with Crippen LogP contribution in [-0.4, -0.2) is 47.3 Å². The van der Waals surface area contributed by atoms with E-state index >= 15 is 0 Å². The fraction of sp³-hybridized carbons (Fsp3) is 0.333. The summed E-state index contributed by atoms with van der Waals surface area (Å²) < 4.78 is 11.1. The lowest BCUT2D eigenvalue weighted by Gasteiger charge is -2.15. The molecule has 3 aromatic heterocycles. The number of methoxy groups -OCH3 is 1. The fourth-order valence-electron chi connectivity index (χ4n) is 2.48. The van der Waals surface area contributed by atoms with Crippen LogP contribution in [0.15, 0.2) is 30.6 Å². The molecule has 0 fully saturated rings. The number of anilines is 1. The van der Waals surface area contributed by atoms with Gasteiger partial charge in [-0.3, -0.25) is 10.3 Å². The maximum absolute atomic E-state index is 11.7. The number of rotatable bonds is 7. The average molecular weight is 387 g/mol. The van der Waals surface area contributed by atoms with E-state index in [0.29, 0.717) is 34.5 Å². The number of nitrogens with zero attached hydrogens (tertiary/aromatic N) is 3. The second-order valence-corrected chi connectivity index (χ2v) is 6.77. The van der Waals surface area contributed by atoms with Crippen molar-refractivity contribution in [2.45, 2.75) is 20.0 Å². The summed E-state index contributed by atoms with van der Waals surface area (Å²) in [6, 6.07) is 5.39. The van der Waals surface area contributed by atoms with E-state index in [2.05, 4.69) is 25.6 Å². The summed E-state index contributed by atoms with van der Waals surface area (Å²) in [6.45, 7) is 4.75. The zero-order valence-electron chi connectivity index (χ0n) is 15.4. The molecule has 142 valence electrons. The molecule has 0 spiro atoms. The number of fused-ring (bicyclic) bond motifs is 1. The normalized spacial score (nSPS) is 12.0. The zero-order valence-corrected chi connectivity index (χ0v) is 16.2. The van der Waals surface area contributed by atoms with Crippen molar-refractivity contribution in [3.8, 4) is 17.0 Å². The zero-order chi connectivity index (χ0) is 19.2. The van der Waals surface area contributed by atoms with Gasteiger partial charge < -0.3 is 14.8 Å². The highest BCUT2D eigenvalue weighted by Crippen LogP contribution is 2.35.